The van der Waals surface area contributed by atoms with E-state index in [1.807, 2.05) is 24.3 Å². The summed E-state index contributed by atoms with van der Waals surface area (Å²) < 4.78 is 50.5. The first-order chi connectivity index (χ1) is 16.1. The smallest absolute Gasteiger partial charge is 0.233 e. The summed E-state index contributed by atoms with van der Waals surface area (Å²) in [5.41, 5.74) is 1.90. The minimum absolute atomic E-state index is 0.0564. The molecular formula is C23H22ClN3O5S2. The van der Waals surface area contributed by atoms with Crippen molar-refractivity contribution in [1.82, 2.24) is 9.29 Å². The third-order valence-electron chi connectivity index (χ3n) is 6.28. The molecule has 2 aliphatic heterocycles. The van der Waals surface area contributed by atoms with Gasteiger partial charge in [0.05, 0.1) is 35.1 Å². The summed E-state index contributed by atoms with van der Waals surface area (Å²) in [7, 11) is -6.91. The van der Waals surface area contributed by atoms with Gasteiger partial charge in [-0.2, -0.15) is 4.31 Å². The first kappa shape index (κ1) is 23.2. The number of nitrogens with zero attached hydrogens (tertiary/aromatic N) is 2. The van der Waals surface area contributed by atoms with Crippen molar-refractivity contribution in [2.75, 3.05) is 29.1 Å². The van der Waals surface area contributed by atoms with Gasteiger partial charge >= 0.3 is 0 Å². The van der Waals surface area contributed by atoms with Crippen LogP contribution in [0.2, 0.25) is 5.02 Å². The van der Waals surface area contributed by atoms with Crippen molar-refractivity contribution in [2.45, 2.75) is 12.5 Å². The first-order valence-corrected chi connectivity index (χ1v) is 14.5. The van der Waals surface area contributed by atoms with Crippen LogP contribution in [0.4, 0.5) is 5.69 Å². The van der Waals surface area contributed by atoms with Crippen molar-refractivity contribution in [3.8, 4) is 0 Å². The molecule has 1 N–H and O–H groups in total. The third kappa shape index (κ3) is 4.55. The number of sulfonamides is 1. The van der Waals surface area contributed by atoms with Crippen LogP contribution in [0, 0.1) is 5.92 Å². The van der Waals surface area contributed by atoms with E-state index in [1.54, 1.807) is 30.6 Å². The SMILES string of the molecule is O=C(Nc1cncc2ccccc12)C1CN(S(=O)(=O)CC2CS(=O)(=O)C2)Cc2ccc(Cl)cc21. The number of sulfone groups is 1. The van der Waals surface area contributed by atoms with Gasteiger partial charge in [-0.25, -0.2) is 16.8 Å². The number of amides is 1. The Balaban J connectivity index is 1.44. The van der Waals surface area contributed by atoms with Gasteiger partial charge in [-0.1, -0.05) is 41.9 Å². The van der Waals surface area contributed by atoms with E-state index in [1.165, 1.54) is 4.31 Å². The highest BCUT2D eigenvalue weighted by molar-refractivity contribution is 7.93. The van der Waals surface area contributed by atoms with E-state index in [2.05, 4.69) is 10.3 Å². The van der Waals surface area contributed by atoms with Crippen LogP contribution in [0.5, 0.6) is 0 Å². The maximum atomic E-state index is 13.4. The summed E-state index contributed by atoms with van der Waals surface area (Å²) in [5.74, 6) is -2.07. The molecule has 3 aromatic rings. The standard InChI is InChI=1S/C23H22ClN3O5S2/c24-18-6-5-17-10-27(34(31,32)14-15-12-33(29,30)13-15)11-21(20(17)7-18)23(28)26-22-9-25-8-16-3-1-2-4-19(16)22/h1-9,15,21H,10-14H2,(H,26,28). The zero-order valence-corrected chi connectivity index (χ0v) is 20.4. The zero-order chi connectivity index (χ0) is 24.1. The molecule has 1 atom stereocenters. The van der Waals surface area contributed by atoms with Crippen molar-refractivity contribution in [3.63, 3.8) is 0 Å². The molecule has 1 unspecified atom stereocenters. The van der Waals surface area contributed by atoms with E-state index in [0.29, 0.717) is 21.8 Å². The fraction of sp³-hybridized carbons (Fsp3) is 0.304. The van der Waals surface area contributed by atoms with E-state index in [-0.39, 0.29) is 36.3 Å². The fourth-order valence-electron chi connectivity index (χ4n) is 4.63. The number of rotatable bonds is 5. The lowest BCUT2D eigenvalue weighted by atomic mass is 9.90. The molecule has 0 bridgehead atoms. The highest BCUT2D eigenvalue weighted by Gasteiger charge is 2.41. The summed E-state index contributed by atoms with van der Waals surface area (Å²) in [6.07, 6.45) is 3.27. The Morgan fingerprint density at radius 3 is 2.68 bits per heavy atom. The Labute approximate surface area is 202 Å². The largest absolute Gasteiger partial charge is 0.324 e. The second-order valence-corrected chi connectivity index (χ2v) is 13.4. The Hall–Kier alpha value is -2.53. The normalized spacial score (nSPS) is 20.4. The Bertz CT molecular complexity index is 1490. The number of carbonyl (C=O) groups is 1. The van der Waals surface area contributed by atoms with Gasteiger partial charge in [-0.05, 0) is 23.3 Å². The van der Waals surface area contributed by atoms with Gasteiger partial charge in [0.1, 0.15) is 0 Å². The lowest BCUT2D eigenvalue weighted by Gasteiger charge is -2.35. The van der Waals surface area contributed by atoms with Crippen molar-refractivity contribution >= 4 is 53.8 Å². The van der Waals surface area contributed by atoms with Crippen LogP contribution >= 0.6 is 11.6 Å². The van der Waals surface area contributed by atoms with Crippen molar-refractivity contribution in [3.05, 3.63) is 71.0 Å². The second-order valence-electron chi connectivity index (χ2n) is 8.81. The van der Waals surface area contributed by atoms with Gasteiger partial charge in [0, 0.05) is 41.0 Å². The summed E-state index contributed by atoms with van der Waals surface area (Å²) >= 11 is 6.20. The molecule has 0 aliphatic carbocycles. The molecule has 34 heavy (non-hydrogen) atoms. The molecule has 11 heteroatoms. The van der Waals surface area contributed by atoms with Crippen molar-refractivity contribution in [1.29, 1.82) is 0 Å². The summed E-state index contributed by atoms with van der Waals surface area (Å²) in [4.78, 5) is 17.6. The number of halogens is 1. The molecule has 0 radical (unpaired) electrons. The second kappa shape index (κ2) is 8.60. The molecule has 0 saturated carbocycles. The lowest BCUT2D eigenvalue weighted by molar-refractivity contribution is -0.118. The molecule has 1 amide bonds. The van der Waals surface area contributed by atoms with E-state index in [9.17, 15) is 21.6 Å². The van der Waals surface area contributed by atoms with Crippen molar-refractivity contribution < 1.29 is 21.6 Å². The van der Waals surface area contributed by atoms with Crippen LogP contribution < -0.4 is 5.32 Å². The number of carbonyl (C=O) groups excluding carboxylic acids is 1. The summed E-state index contributed by atoms with van der Waals surface area (Å²) in [6, 6.07) is 12.6. The van der Waals surface area contributed by atoms with E-state index in [4.69, 9.17) is 11.6 Å². The Kier molecular flexibility index (Phi) is 5.87. The molecule has 1 saturated heterocycles. The number of hydrogen-bond acceptors (Lipinski definition) is 6. The van der Waals surface area contributed by atoms with Gasteiger partial charge in [0.25, 0.3) is 0 Å². The molecule has 1 fully saturated rings. The monoisotopic (exact) mass is 519 g/mol. The Morgan fingerprint density at radius 1 is 1.15 bits per heavy atom. The first-order valence-electron chi connectivity index (χ1n) is 10.7. The third-order valence-corrected chi connectivity index (χ3v) is 10.4. The Morgan fingerprint density at radius 2 is 1.91 bits per heavy atom. The van der Waals surface area contributed by atoms with Gasteiger partial charge < -0.3 is 5.32 Å². The fourth-order valence-corrected chi connectivity index (χ4v) is 8.44. The maximum absolute atomic E-state index is 13.4. The molecule has 8 nitrogen and oxygen atoms in total. The summed E-state index contributed by atoms with van der Waals surface area (Å²) in [5, 5.41) is 5.06. The highest BCUT2D eigenvalue weighted by Crippen LogP contribution is 2.34. The maximum Gasteiger partial charge on any atom is 0.233 e. The molecular weight excluding hydrogens is 498 g/mol. The van der Waals surface area contributed by atoms with E-state index in [0.717, 1.165) is 10.8 Å². The number of aromatic nitrogens is 1. The number of hydrogen-bond donors (Lipinski definition) is 1. The average molecular weight is 520 g/mol. The van der Waals surface area contributed by atoms with E-state index >= 15 is 0 Å². The average Bonchev–Trinajstić information content (AvgIpc) is 2.77. The predicted octanol–water partition coefficient (Wildman–Crippen LogP) is 2.80. The van der Waals surface area contributed by atoms with Gasteiger partial charge in [-0.3, -0.25) is 9.78 Å². The number of nitrogens with one attached hydrogen (secondary N) is 1. The predicted molar refractivity (Wildman–Crippen MR) is 131 cm³/mol. The molecule has 0 spiro atoms. The molecule has 2 aliphatic rings. The highest BCUT2D eigenvalue weighted by atomic mass is 35.5. The van der Waals surface area contributed by atoms with Crippen LogP contribution in [0.25, 0.3) is 10.8 Å². The van der Waals surface area contributed by atoms with Gasteiger partial charge in [-0.15, -0.1) is 0 Å². The van der Waals surface area contributed by atoms with Crippen molar-refractivity contribution in [2.24, 2.45) is 5.92 Å². The topological polar surface area (TPSA) is 114 Å². The number of anilines is 1. The minimum atomic E-state index is -3.78. The minimum Gasteiger partial charge on any atom is -0.324 e. The van der Waals surface area contributed by atoms with Crippen LogP contribution in [-0.2, 0) is 31.2 Å². The summed E-state index contributed by atoms with van der Waals surface area (Å²) in [6.45, 7) is 0.0487. The molecule has 178 valence electrons. The molecule has 5 rings (SSSR count). The quantitative estimate of drug-likeness (QED) is 0.554. The van der Waals surface area contributed by atoms with Gasteiger partial charge in [0.2, 0.25) is 15.9 Å². The zero-order valence-electron chi connectivity index (χ0n) is 18.0. The van der Waals surface area contributed by atoms with Crippen LogP contribution in [0.15, 0.2) is 54.9 Å². The molecule has 2 aromatic carbocycles. The lowest BCUT2D eigenvalue weighted by Crippen LogP contribution is -2.47. The molecule has 1 aromatic heterocycles. The van der Waals surface area contributed by atoms with Crippen LogP contribution in [0.1, 0.15) is 17.0 Å². The number of pyridine rings is 1. The van der Waals surface area contributed by atoms with E-state index < -0.39 is 31.7 Å². The number of benzene rings is 2. The van der Waals surface area contributed by atoms with Crippen LogP contribution in [0.3, 0.4) is 0 Å². The van der Waals surface area contributed by atoms with Gasteiger partial charge in [0.15, 0.2) is 9.84 Å². The van der Waals surface area contributed by atoms with Crippen LogP contribution in [-0.4, -0.2) is 55.8 Å². The molecule has 3 heterocycles. The number of fused-ring (bicyclic) bond motifs is 2.